The van der Waals surface area contributed by atoms with Gasteiger partial charge in [0.1, 0.15) is 11.2 Å². The van der Waals surface area contributed by atoms with Crippen molar-refractivity contribution in [1.29, 1.82) is 21.0 Å². The van der Waals surface area contributed by atoms with Crippen LogP contribution in [0.4, 0.5) is 0 Å². The molecule has 0 saturated heterocycles. The second-order valence-corrected chi connectivity index (χ2v) is 12.2. The zero-order valence-corrected chi connectivity index (χ0v) is 24.2. The first-order chi connectivity index (χ1) is 23.1. The molecule has 210 valence electrons. The molecule has 0 fully saturated rings. The average Bonchev–Trinajstić information content (AvgIpc) is 3.90. The predicted octanol–water partition coefficient (Wildman–Crippen LogP) is 9.37. The van der Waals surface area contributed by atoms with Crippen molar-refractivity contribution >= 4 is 98.1 Å². The lowest BCUT2D eigenvalue weighted by molar-refractivity contribution is 0.677. The SMILES string of the molecule is N#Cc1ccc2c3cc4c5cc6c7ccc(C#N)cc7n7c8cc(C#N)ccc8c(c5oc4c4c5ccc(C#N)cc5n(c2c1)c34)c67. The molecule has 7 nitrogen and oxygen atoms in total. The summed E-state index contributed by atoms with van der Waals surface area (Å²) in [6.07, 6.45) is 0. The quantitative estimate of drug-likeness (QED) is 0.173. The molecule has 7 heteroatoms. The van der Waals surface area contributed by atoms with Crippen LogP contribution in [0, 0.1) is 45.3 Å². The summed E-state index contributed by atoms with van der Waals surface area (Å²) in [5.41, 5.74) is 9.33. The van der Waals surface area contributed by atoms with Gasteiger partial charge in [-0.15, -0.1) is 0 Å². The van der Waals surface area contributed by atoms with E-state index in [9.17, 15) is 21.0 Å². The molecule has 0 bridgehead atoms. The molecule has 0 N–H and O–H groups in total. The second kappa shape index (κ2) is 7.84. The number of furan rings is 1. The topological polar surface area (TPSA) is 117 Å². The third kappa shape index (κ3) is 2.63. The van der Waals surface area contributed by atoms with Gasteiger partial charge in [-0.05, 0) is 60.7 Å². The highest BCUT2D eigenvalue weighted by molar-refractivity contribution is 6.37. The van der Waals surface area contributed by atoms with Crippen LogP contribution in [0.2, 0.25) is 0 Å². The van der Waals surface area contributed by atoms with Crippen LogP contribution in [0.3, 0.4) is 0 Å². The maximum Gasteiger partial charge on any atom is 0.145 e. The Hall–Kier alpha value is -7.32. The van der Waals surface area contributed by atoms with Crippen molar-refractivity contribution in [3.8, 4) is 24.3 Å². The van der Waals surface area contributed by atoms with Gasteiger partial charge in [0.25, 0.3) is 0 Å². The molecule has 0 aliphatic heterocycles. The Bertz CT molecular complexity index is 3220. The molecule has 0 amide bonds. The molecule has 11 aromatic rings. The van der Waals surface area contributed by atoms with Gasteiger partial charge in [0.05, 0.1) is 90.4 Å². The Morgan fingerprint density at radius 1 is 0.383 bits per heavy atom. The summed E-state index contributed by atoms with van der Waals surface area (Å²) in [7, 11) is 0. The third-order valence-electron chi connectivity index (χ3n) is 10.0. The van der Waals surface area contributed by atoms with E-state index in [4.69, 9.17) is 4.42 Å². The Balaban J connectivity index is 1.43. The van der Waals surface area contributed by atoms with Crippen LogP contribution in [0.15, 0.2) is 89.3 Å². The van der Waals surface area contributed by atoms with E-state index in [2.05, 4.69) is 45.2 Å². The summed E-state index contributed by atoms with van der Waals surface area (Å²) in [4.78, 5) is 0. The molecule has 0 unspecified atom stereocenters. The molecule has 0 saturated carbocycles. The van der Waals surface area contributed by atoms with E-state index in [1.807, 2.05) is 72.8 Å². The Kier molecular flexibility index (Phi) is 4.01. The molecular weight excluding hydrogens is 580 g/mol. The fourth-order valence-corrected chi connectivity index (χ4v) is 8.16. The molecule has 47 heavy (non-hydrogen) atoms. The highest BCUT2D eigenvalue weighted by Gasteiger charge is 2.27. The fraction of sp³-hybridized carbons (Fsp3) is 0. The van der Waals surface area contributed by atoms with E-state index in [1.165, 1.54) is 0 Å². The molecule has 11 rings (SSSR count). The Morgan fingerprint density at radius 3 is 1.09 bits per heavy atom. The smallest absolute Gasteiger partial charge is 0.145 e. The molecule has 0 atom stereocenters. The summed E-state index contributed by atoms with van der Waals surface area (Å²) in [5.74, 6) is 0. The highest BCUT2D eigenvalue weighted by atomic mass is 16.3. The Morgan fingerprint density at radius 2 is 0.723 bits per heavy atom. The minimum Gasteiger partial charge on any atom is -0.455 e. The number of nitrogens with zero attached hydrogens (tertiary/aromatic N) is 6. The van der Waals surface area contributed by atoms with Crippen molar-refractivity contribution in [1.82, 2.24) is 8.80 Å². The van der Waals surface area contributed by atoms with Crippen LogP contribution in [0.5, 0.6) is 0 Å². The Labute approximate surface area is 263 Å². The van der Waals surface area contributed by atoms with E-state index in [-0.39, 0.29) is 0 Å². The predicted molar refractivity (Wildman–Crippen MR) is 182 cm³/mol. The molecule has 0 radical (unpaired) electrons. The standard InChI is InChI=1S/C40H14N6O/c41-15-19-1-5-23-27-13-29-30-14-28-24-6-2-20(16-42)10-32(24)46-34-12-22(18-44)4-8-26(34)36(38(28)46)40(30)47-39(29)35-25-7-3-21(17-43)11-33(25)45(37(27)35)31(23)9-19/h1-14H. The van der Waals surface area contributed by atoms with Crippen LogP contribution in [0.25, 0.3) is 98.1 Å². The van der Waals surface area contributed by atoms with Gasteiger partial charge < -0.3 is 13.2 Å². The number of hydrogen-bond acceptors (Lipinski definition) is 5. The van der Waals surface area contributed by atoms with E-state index in [1.54, 1.807) is 0 Å². The number of nitriles is 4. The number of aromatic nitrogens is 2. The third-order valence-corrected chi connectivity index (χ3v) is 10.0. The van der Waals surface area contributed by atoms with E-state index < -0.39 is 0 Å². The largest absolute Gasteiger partial charge is 0.455 e. The van der Waals surface area contributed by atoms with Crippen LogP contribution >= 0.6 is 0 Å². The molecule has 0 aliphatic carbocycles. The first kappa shape index (κ1) is 24.1. The molecule has 5 aromatic heterocycles. The van der Waals surface area contributed by atoms with Crippen molar-refractivity contribution < 1.29 is 4.42 Å². The van der Waals surface area contributed by atoms with E-state index in [0.717, 1.165) is 98.1 Å². The summed E-state index contributed by atoms with van der Waals surface area (Å²) in [6.45, 7) is 0. The molecular formula is C40H14N6O. The first-order valence-corrected chi connectivity index (χ1v) is 15.0. The maximum atomic E-state index is 9.79. The van der Waals surface area contributed by atoms with Crippen LogP contribution in [-0.4, -0.2) is 8.80 Å². The summed E-state index contributed by atoms with van der Waals surface area (Å²) in [6, 6.07) is 36.5. The lowest BCUT2D eigenvalue weighted by atomic mass is 10.00. The van der Waals surface area contributed by atoms with E-state index >= 15 is 0 Å². The fourth-order valence-electron chi connectivity index (χ4n) is 8.16. The van der Waals surface area contributed by atoms with Crippen LogP contribution in [0.1, 0.15) is 22.3 Å². The van der Waals surface area contributed by atoms with Crippen molar-refractivity contribution in [2.75, 3.05) is 0 Å². The lowest BCUT2D eigenvalue weighted by Crippen LogP contribution is -1.83. The van der Waals surface area contributed by atoms with Gasteiger partial charge in [0.15, 0.2) is 0 Å². The molecule has 0 aliphatic rings. The summed E-state index contributed by atoms with van der Waals surface area (Å²) >= 11 is 0. The van der Waals surface area contributed by atoms with Gasteiger partial charge in [-0.25, -0.2) is 0 Å². The zero-order valence-electron chi connectivity index (χ0n) is 24.2. The second-order valence-electron chi connectivity index (χ2n) is 12.2. The van der Waals surface area contributed by atoms with Crippen molar-refractivity contribution in [2.45, 2.75) is 0 Å². The minimum atomic E-state index is 0.556. The van der Waals surface area contributed by atoms with Crippen molar-refractivity contribution in [3.05, 3.63) is 107 Å². The zero-order chi connectivity index (χ0) is 31.3. The summed E-state index contributed by atoms with van der Waals surface area (Å²) in [5, 5.41) is 49.0. The molecule has 5 heterocycles. The van der Waals surface area contributed by atoms with Gasteiger partial charge in [-0.2, -0.15) is 21.0 Å². The van der Waals surface area contributed by atoms with Gasteiger partial charge >= 0.3 is 0 Å². The van der Waals surface area contributed by atoms with Gasteiger partial charge in [-0.1, -0.05) is 24.3 Å². The minimum absolute atomic E-state index is 0.556. The van der Waals surface area contributed by atoms with Crippen molar-refractivity contribution in [3.63, 3.8) is 0 Å². The lowest BCUT2D eigenvalue weighted by Gasteiger charge is -1.99. The normalized spacial score (nSPS) is 12.2. The maximum absolute atomic E-state index is 9.79. The van der Waals surface area contributed by atoms with Gasteiger partial charge in [0, 0.05) is 43.1 Å². The molecule has 6 aromatic carbocycles. The van der Waals surface area contributed by atoms with Gasteiger partial charge in [-0.3, -0.25) is 0 Å². The number of benzene rings is 6. The van der Waals surface area contributed by atoms with Crippen LogP contribution < -0.4 is 0 Å². The van der Waals surface area contributed by atoms with Gasteiger partial charge in [0.2, 0.25) is 0 Å². The first-order valence-electron chi connectivity index (χ1n) is 15.0. The molecule has 0 spiro atoms. The monoisotopic (exact) mass is 594 g/mol. The van der Waals surface area contributed by atoms with Crippen molar-refractivity contribution in [2.24, 2.45) is 0 Å². The average molecular weight is 595 g/mol. The van der Waals surface area contributed by atoms with Crippen LogP contribution in [-0.2, 0) is 0 Å². The van der Waals surface area contributed by atoms with E-state index in [0.29, 0.717) is 22.3 Å². The number of fused-ring (bicyclic) bond motifs is 17. The summed E-state index contributed by atoms with van der Waals surface area (Å²) < 4.78 is 11.3. The highest BCUT2D eigenvalue weighted by Crippen LogP contribution is 2.50. The number of hydrogen-bond donors (Lipinski definition) is 0. The number of rotatable bonds is 0.